The number of thiophene rings is 1. The molecule has 1 aliphatic heterocycles. The van der Waals surface area contributed by atoms with Gasteiger partial charge >= 0.3 is 11.9 Å². The van der Waals surface area contributed by atoms with Crippen LogP contribution in [0, 0.1) is 0 Å². The van der Waals surface area contributed by atoms with Crippen LogP contribution in [0.2, 0.25) is 0 Å². The zero-order chi connectivity index (χ0) is 23.4. The van der Waals surface area contributed by atoms with E-state index in [9.17, 15) is 24.3 Å². The Balaban J connectivity index is 1.67. The van der Waals surface area contributed by atoms with Crippen LogP contribution in [-0.4, -0.2) is 52.6 Å². The molecule has 1 aromatic carbocycles. The number of fused-ring (bicyclic) bond motifs is 1. The Bertz CT molecular complexity index is 1110. The number of hydrogen-bond acceptors (Lipinski definition) is 7. The minimum atomic E-state index is -1.28. The van der Waals surface area contributed by atoms with Gasteiger partial charge in [0.05, 0.1) is 15.6 Å². The van der Waals surface area contributed by atoms with E-state index in [1.807, 2.05) is 37.1 Å². The van der Waals surface area contributed by atoms with Gasteiger partial charge in [0.1, 0.15) is 6.04 Å². The predicted molar refractivity (Wildman–Crippen MR) is 120 cm³/mol. The van der Waals surface area contributed by atoms with Crippen LogP contribution in [-0.2, 0) is 16.1 Å². The number of aliphatic carboxylic acids is 2. The zero-order valence-electron chi connectivity index (χ0n) is 17.6. The smallest absolute Gasteiger partial charge is 0.326 e. The lowest BCUT2D eigenvalue weighted by atomic mass is 9.98. The van der Waals surface area contributed by atoms with Crippen molar-refractivity contribution in [3.8, 4) is 0 Å². The van der Waals surface area contributed by atoms with E-state index in [0.717, 1.165) is 16.3 Å². The van der Waals surface area contributed by atoms with E-state index in [2.05, 4.69) is 10.3 Å². The summed E-state index contributed by atoms with van der Waals surface area (Å²) in [6, 6.07) is 7.65. The van der Waals surface area contributed by atoms with Crippen molar-refractivity contribution in [3.63, 3.8) is 0 Å². The summed E-state index contributed by atoms with van der Waals surface area (Å²) < 4.78 is 0. The molecule has 168 valence electrons. The minimum Gasteiger partial charge on any atom is -0.481 e. The number of nitrogens with zero attached hydrogens (tertiary/aromatic N) is 2. The molecule has 32 heavy (non-hydrogen) atoms. The van der Waals surface area contributed by atoms with E-state index in [0.29, 0.717) is 29.1 Å². The molecule has 10 heteroatoms. The summed E-state index contributed by atoms with van der Waals surface area (Å²) >= 11 is 1.19. The van der Waals surface area contributed by atoms with Gasteiger partial charge in [-0.3, -0.25) is 19.4 Å². The van der Waals surface area contributed by atoms with Gasteiger partial charge in [-0.1, -0.05) is 6.07 Å². The topological polar surface area (TPSA) is 136 Å². The first-order chi connectivity index (χ1) is 15.1. The highest BCUT2D eigenvalue weighted by Crippen LogP contribution is 2.30. The molecule has 2 aromatic rings. The highest BCUT2D eigenvalue weighted by molar-refractivity contribution is 7.18. The summed E-state index contributed by atoms with van der Waals surface area (Å²) in [5, 5.41) is 21.1. The molecule has 2 heterocycles. The number of nitrogens with one attached hydrogen (secondary N) is 1. The van der Waals surface area contributed by atoms with Gasteiger partial charge in [-0.15, -0.1) is 11.3 Å². The number of carboxylic acids is 2. The van der Waals surface area contributed by atoms with Gasteiger partial charge in [-0.05, 0) is 43.2 Å². The molecule has 0 bridgehead atoms. The number of Topliss-reactive ketones (excluding diaryl/α,β-unsaturated/α-hetero) is 1. The standard InChI is InChI=1S/C22H23N3O6S/c1-12-9-17(26)14-10-13(3-4-15(14)23-12)11-25(2)19-7-6-18(32-19)21(29)24-16(22(30)31)5-8-20(27)28/h3-4,6-7,10,16H,5,8-9,11H2,1-2H3,(H,24,29)(H,27,28)(H,30,31)/t16-/m0/s1. The number of hydrogen-bond donors (Lipinski definition) is 3. The number of carbonyl (C=O) groups is 4. The Hall–Kier alpha value is -3.53. The Labute approximate surface area is 188 Å². The van der Waals surface area contributed by atoms with Gasteiger partial charge in [0.15, 0.2) is 5.78 Å². The number of benzene rings is 1. The Morgan fingerprint density at radius 1 is 1.22 bits per heavy atom. The Kier molecular flexibility index (Phi) is 7.04. The third-order valence-electron chi connectivity index (χ3n) is 4.95. The van der Waals surface area contributed by atoms with Crippen LogP contribution in [0.5, 0.6) is 0 Å². The molecule has 3 N–H and O–H groups in total. The number of amides is 1. The molecular weight excluding hydrogens is 434 g/mol. The molecule has 0 spiro atoms. The Morgan fingerprint density at radius 2 is 1.97 bits per heavy atom. The first-order valence-electron chi connectivity index (χ1n) is 9.90. The second-order valence-corrected chi connectivity index (χ2v) is 8.65. The summed E-state index contributed by atoms with van der Waals surface area (Å²) in [5.41, 5.74) is 3.00. The highest BCUT2D eigenvalue weighted by atomic mass is 32.1. The fraction of sp³-hybridized carbons (Fsp3) is 0.318. The normalized spacial score (nSPS) is 13.7. The maximum atomic E-state index is 12.4. The zero-order valence-corrected chi connectivity index (χ0v) is 18.4. The first kappa shape index (κ1) is 23.1. The molecule has 1 atom stereocenters. The van der Waals surface area contributed by atoms with E-state index in [-0.39, 0.29) is 18.6 Å². The fourth-order valence-electron chi connectivity index (χ4n) is 3.34. The molecule has 0 unspecified atom stereocenters. The molecule has 0 radical (unpaired) electrons. The first-order valence-corrected chi connectivity index (χ1v) is 10.7. The van der Waals surface area contributed by atoms with Gasteiger partial charge in [-0.25, -0.2) is 4.79 Å². The van der Waals surface area contributed by atoms with Crippen LogP contribution in [0.15, 0.2) is 35.3 Å². The van der Waals surface area contributed by atoms with Gasteiger partial charge < -0.3 is 20.4 Å². The lowest BCUT2D eigenvalue weighted by Gasteiger charge is -2.19. The van der Waals surface area contributed by atoms with Crippen LogP contribution < -0.4 is 10.2 Å². The number of aliphatic imine (C=N–C) groups is 1. The highest BCUT2D eigenvalue weighted by Gasteiger charge is 2.23. The maximum Gasteiger partial charge on any atom is 0.326 e. The van der Waals surface area contributed by atoms with Crippen molar-refractivity contribution in [3.05, 3.63) is 46.3 Å². The molecule has 1 aromatic heterocycles. The third kappa shape index (κ3) is 5.58. The van der Waals surface area contributed by atoms with Crippen LogP contribution in [0.3, 0.4) is 0 Å². The van der Waals surface area contributed by atoms with E-state index < -0.39 is 23.9 Å². The van der Waals surface area contributed by atoms with E-state index in [1.165, 1.54) is 11.3 Å². The average Bonchev–Trinajstić information content (AvgIpc) is 3.21. The van der Waals surface area contributed by atoms with Crippen LogP contribution in [0.25, 0.3) is 0 Å². The van der Waals surface area contributed by atoms with Crippen molar-refractivity contribution >= 4 is 51.4 Å². The van der Waals surface area contributed by atoms with Crippen molar-refractivity contribution in [2.75, 3.05) is 11.9 Å². The molecular formula is C22H23N3O6S. The summed E-state index contributed by atoms with van der Waals surface area (Å²) in [6.07, 6.45) is -0.238. The van der Waals surface area contributed by atoms with Crippen LogP contribution >= 0.6 is 11.3 Å². The molecule has 0 saturated heterocycles. The fourth-order valence-corrected chi connectivity index (χ4v) is 4.21. The summed E-state index contributed by atoms with van der Waals surface area (Å²) in [6.45, 7) is 2.33. The van der Waals surface area contributed by atoms with E-state index >= 15 is 0 Å². The molecule has 1 aliphatic rings. The van der Waals surface area contributed by atoms with Crippen molar-refractivity contribution in [2.45, 2.75) is 38.8 Å². The average molecular weight is 458 g/mol. The number of rotatable bonds is 9. The lowest BCUT2D eigenvalue weighted by molar-refractivity contribution is -0.140. The molecule has 0 saturated carbocycles. The van der Waals surface area contributed by atoms with Gasteiger partial charge in [0.2, 0.25) is 0 Å². The summed E-state index contributed by atoms with van der Waals surface area (Å²) in [7, 11) is 1.85. The maximum absolute atomic E-state index is 12.4. The van der Waals surface area contributed by atoms with E-state index in [1.54, 1.807) is 12.1 Å². The second kappa shape index (κ2) is 9.73. The van der Waals surface area contributed by atoms with Crippen molar-refractivity contribution in [1.29, 1.82) is 0 Å². The summed E-state index contributed by atoms with van der Waals surface area (Å²) in [4.78, 5) is 53.4. The van der Waals surface area contributed by atoms with Crippen molar-refractivity contribution in [1.82, 2.24) is 5.32 Å². The monoisotopic (exact) mass is 457 g/mol. The van der Waals surface area contributed by atoms with E-state index in [4.69, 9.17) is 5.11 Å². The Morgan fingerprint density at radius 3 is 2.66 bits per heavy atom. The molecule has 0 aliphatic carbocycles. The molecule has 0 fully saturated rings. The van der Waals surface area contributed by atoms with Crippen LogP contribution in [0.4, 0.5) is 10.7 Å². The number of ketones is 1. The third-order valence-corrected chi connectivity index (χ3v) is 6.15. The molecule has 9 nitrogen and oxygen atoms in total. The predicted octanol–water partition coefficient (Wildman–Crippen LogP) is 3.11. The van der Waals surface area contributed by atoms with Gasteiger partial charge in [0, 0.05) is 37.7 Å². The number of carboxylic acid groups (broad SMARTS) is 2. The van der Waals surface area contributed by atoms with Crippen LogP contribution in [0.1, 0.15) is 51.8 Å². The minimum absolute atomic E-state index is 0.0444. The number of anilines is 1. The second-order valence-electron chi connectivity index (χ2n) is 7.59. The quantitative estimate of drug-likeness (QED) is 0.526. The molecule has 3 rings (SSSR count). The van der Waals surface area contributed by atoms with Crippen molar-refractivity contribution < 1.29 is 29.4 Å². The van der Waals surface area contributed by atoms with Gasteiger partial charge in [0.25, 0.3) is 5.91 Å². The SMILES string of the molecule is CC1=Nc2ccc(CN(C)c3ccc(C(=O)N[C@@H](CCC(=O)O)C(=O)O)s3)cc2C(=O)C1. The van der Waals surface area contributed by atoms with Crippen molar-refractivity contribution in [2.24, 2.45) is 4.99 Å². The van der Waals surface area contributed by atoms with Gasteiger partial charge in [-0.2, -0.15) is 0 Å². The largest absolute Gasteiger partial charge is 0.481 e. The number of carbonyl (C=O) groups excluding carboxylic acids is 2. The summed E-state index contributed by atoms with van der Waals surface area (Å²) in [5.74, 6) is -2.94. The molecule has 1 amide bonds. The lowest BCUT2D eigenvalue weighted by Crippen LogP contribution is -2.40.